The van der Waals surface area contributed by atoms with Gasteiger partial charge in [-0.05, 0) is 58.3 Å². The molecule has 188 valence electrons. The van der Waals surface area contributed by atoms with E-state index in [1.54, 1.807) is 45.3 Å². The zero-order valence-corrected chi connectivity index (χ0v) is 23.2. The summed E-state index contributed by atoms with van der Waals surface area (Å²) in [6, 6.07) is 16.4. The van der Waals surface area contributed by atoms with Crippen molar-refractivity contribution in [2.45, 2.75) is 12.6 Å². The molecule has 0 saturated carbocycles. The third-order valence-electron chi connectivity index (χ3n) is 5.15. The maximum absolute atomic E-state index is 13.0. The lowest BCUT2D eigenvalue weighted by Gasteiger charge is -2.21. The smallest absolute Gasteiger partial charge is 0.244 e. The second kappa shape index (κ2) is 12.8. The zero-order chi connectivity index (χ0) is 25.5. The largest absolute Gasteiger partial charge is 0.349 e. The Balaban J connectivity index is 1.29. The van der Waals surface area contributed by atoms with Crippen LogP contribution < -0.4 is 0 Å². The van der Waals surface area contributed by atoms with E-state index in [9.17, 15) is 4.79 Å². The number of thiophene rings is 4. The predicted molar refractivity (Wildman–Crippen MR) is 152 cm³/mol. The van der Waals surface area contributed by atoms with Crippen LogP contribution in [-0.2, 0) is 23.7 Å². The Morgan fingerprint density at radius 2 is 1.17 bits per heavy atom. The maximum atomic E-state index is 13.0. The number of hydrogen-bond donors (Lipinski definition) is 0. The van der Waals surface area contributed by atoms with Gasteiger partial charge >= 0.3 is 0 Å². The van der Waals surface area contributed by atoms with Crippen LogP contribution in [0.5, 0.6) is 0 Å². The highest BCUT2D eigenvalue weighted by Crippen LogP contribution is 2.35. The molecule has 4 aromatic rings. The van der Waals surface area contributed by atoms with Gasteiger partial charge in [0.05, 0.1) is 13.2 Å². The highest BCUT2D eigenvalue weighted by Gasteiger charge is 2.29. The first kappa shape index (κ1) is 26.8. The molecular weight excluding hydrogens is 533 g/mol. The number of ether oxygens (including phenoxy) is 4. The van der Waals surface area contributed by atoms with Gasteiger partial charge in [-0.15, -0.1) is 45.3 Å². The molecule has 0 aliphatic heterocycles. The fourth-order valence-electron chi connectivity index (χ4n) is 3.30. The highest BCUT2D eigenvalue weighted by molar-refractivity contribution is 7.22. The summed E-state index contributed by atoms with van der Waals surface area (Å²) in [4.78, 5) is 19.7. The Labute approximate surface area is 226 Å². The first-order valence-corrected chi connectivity index (χ1v) is 14.4. The summed E-state index contributed by atoms with van der Waals surface area (Å²) in [5, 5.41) is 4.10. The molecule has 2 unspecified atom stereocenters. The van der Waals surface area contributed by atoms with Crippen LogP contribution in [0.25, 0.3) is 30.7 Å². The number of rotatable bonds is 14. The highest BCUT2D eigenvalue weighted by atomic mass is 32.1. The topological polar surface area (TPSA) is 54.0 Å². The van der Waals surface area contributed by atoms with Gasteiger partial charge in [0.15, 0.2) is 0 Å². The van der Waals surface area contributed by atoms with Crippen LogP contribution in [-0.4, -0.2) is 45.8 Å². The molecule has 0 radical (unpaired) electrons. The van der Waals surface area contributed by atoms with Gasteiger partial charge in [-0.3, -0.25) is 4.79 Å². The van der Waals surface area contributed by atoms with Gasteiger partial charge in [0.2, 0.25) is 18.4 Å². The molecule has 4 heterocycles. The SMILES string of the molecule is C=C(COC(OC)C(=O)C(OC)OCC(=C)c1ccc(-c2cccs2)s1)c1ccc(-c2cccs2)s1. The van der Waals surface area contributed by atoms with Crippen LogP contribution in [0.2, 0.25) is 0 Å². The van der Waals surface area contributed by atoms with E-state index in [2.05, 4.69) is 37.4 Å². The van der Waals surface area contributed by atoms with Gasteiger partial charge < -0.3 is 18.9 Å². The molecule has 4 rings (SSSR count). The van der Waals surface area contributed by atoms with E-state index in [1.807, 2.05) is 35.0 Å². The van der Waals surface area contributed by atoms with Crippen molar-refractivity contribution in [1.82, 2.24) is 0 Å². The standard InChI is InChI=1S/C27H26O5S4/c1-17(19-9-11-23(35-19)21-7-5-13-33-21)15-31-26(29-3)25(28)27(30-4)32-16-18(2)20-10-12-24(36-20)22-8-6-14-34-22/h5-14,26-27H,1-2,15-16H2,3-4H3. The number of carbonyl (C=O) groups is 1. The van der Waals surface area contributed by atoms with Crippen molar-refractivity contribution in [1.29, 1.82) is 0 Å². The third kappa shape index (κ3) is 6.56. The number of Topliss-reactive ketones (excluding diaryl/α,β-unsaturated/α-hetero) is 1. The first-order valence-electron chi connectivity index (χ1n) is 11.0. The van der Waals surface area contributed by atoms with E-state index in [1.165, 1.54) is 33.7 Å². The Morgan fingerprint density at radius 3 is 1.53 bits per heavy atom. The lowest BCUT2D eigenvalue weighted by atomic mass is 10.2. The lowest BCUT2D eigenvalue weighted by molar-refractivity contribution is -0.194. The molecule has 36 heavy (non-hydrogen) atoms. The molecule has 5 nitrogen and oxygen atoms in total. The van der Waals surface area contributed by atoms with Crippen LogP contribution in [0.3, 0.4) is 0 Å². The van der Waals surface area contributed by atoms with Crippen molar-refractivity contribution in [2.75, 3.05) is 27.4 Å². The third-order valence-corrected chi connectivity index (χ3v) is 9.65. The van der Waals surface area contributed by atoms with E-state index < -0.39 is 18.4 Å². The summed E-state index contributed by atoms with van der Waals surface area (Å²) in [5.41, 5.74) is 1.53. The minimum atomic E-state index is -1.15. The normalized spacial score (nSPS) is 12.9. The van der Waals surface area contributed by atoms with Gasteiger partial charge in [0.1, 0.15) is 0 Å². The quantitative estimate of drug-likeness (QED) is 0.150. The van der Waals surface area contributed by atoms with Crippen LogP contribution in [0, 0.1) is 0 Å². The van der Waals surface area contributed by atoms with Gasteiger partial charge in [-0.2, -0.15) is 0 Å². The summed E-state index contributed by atoms with van der Waals surface area (Å²) in [6.07, 6.45) is -2.30. The molecule has 0 aliphatic rings. The fourth-order valence-corrected chi connectivity index (χ4v) is 6.89. The first-order chi connectivity index (χ1) is 17.5. The van der Waals surface area contributed by atoms with Crippen LogP contribution in [0.1, 0.15) is 9.75 Å². The van der Waals surface area contributed by atoms with E-state index in [4.69, 9.17) is 18.9 Å². The molecule has 2 atom stereocenters. The molecule has 0 amide bonds. The van der Waals surface area contributed by atoms with Crippen molar-refractivity contribution >= 4 is 62.3 Å². The molecule has 0 fully saturated rings. The monoisotopic (exact) mass is 558 g/mol. The van der Waals surface area contributed by atoms with Gasteiger partial charge in [0, 0.05) is 43.5 Å². The van der Waals surface area contributed by atoms with E-state index in [-0.39, 0.29) is 13.2 Å². The molecule has 0 bridgehead atoms. The van der Waals surface area contributed by atoms with E-state index in [0.717, 1.165) is 20.9 Å². The molecular formula is C27H26O5S4. The van der Waals surface area contributed by atoms with Gasteiger partial charge in [0.25, 0.3) is 0 Å². The summed E-state index contributed by atoms with van der Waals surface area (Å²) in [6.45, 7) is 8.50. The predicted octanol–water partition coefficient (Wildman–Crippen LogP) is 7.54. The lowest BCUT2D eigenvalue weighted by Crippen LogP contribution is -2.38. The summed E-state index contributed by atoms with van der Waals surface area (Å²) in [7, 11) is 2.82. The van der Waals surface area contributed by atoms with Crippen molar-refractivity contribution in [3.63, 3.8) is 0 Å². The van der Waals surface area contributed by atoms with Crippen molar-refractivity contribution in [2.24, 2.45) is 0 Å². The summed E-state index contributed by atoms with van der Waals surface area (Å²) in [5.74, 6) is -0.462. The molecule has 0 N–H and O–H groups in total. The summed E-state index contributed by atoms with van der Waals surface area (Å²) < 4.78 is 22.1. The Hall–Kier alpha value is -2.21. The van der Waals surface area contributed by atoms with Crippen LogP contribution in [0.4, 0.5) is 0 Å². The second-order valence-corrected chi connectivity index (χ2v) is 11.7. The van der Waals surface area contributed by atoms with Crippen molar-refractivity contribution < 1.29 is 23.7 Å². The molecule has 0 aliphatic carbocycles. The zero-order valence-electron chi connectivity index (χ0n) is 19.9. The second-order valence-electron chi connectivity index (χ2n) is 7.65. The van der Waals surface area contributed by atoms with Crippen LogP contribution in [0.15, 0.2) is 72.4 Å². The molecule has 0 aromatic carbocycles. The summed E-state index contributed by atoms with van der Waals surface area (Å²) >= 11 is 6.65. The van der Waals surface area contributed by atoms with Crippen molar-refractivity contribution in [3.05, 3.63) is 82.2 Å². The van der Waals surface area contributed by atoms with Crippen LogP contribution >= 0.6 is 45.3 Å². The van der Waals surface area contributed by atoms with Gasteiger partial charge in [-0.25, -0.2) is 0 Å². The maximum Gasteiger partial charge on any atom is 0.244 e. The Kier molecular flexibility index (Phi) is 9.58. The number of ketones is 1. The number of methoxy groups -OCH3 is 2. The minimum absolute atomic E-state index is 0.137. The fraction of sp³-hybridized carbons (Fsp3) is 0.222. The Bertz CT molecular complexity index is 1180. The molecule has 4 aromatic heterocycles. The van der Waals surface area contributed by atoms with Gasteiger partial charge in [-0.1, -0.05) is 25.3 Å². The molecule has 9 heteroatoms. The average Bonchev–Trinajstić information content (AvgIpc) is 3.71. The molecule has 0 spiro atoms. The van der Waals surface area contributed by atoms with E-state index >= 15 is 0 Å². The Morgan fingerprint density at radius 1 is 0.722 bits per heavy atom. The average molecular weight is 559 g/mol. The number of carbonyl (C=O) groups excluding carboxylic acids is 1. The molecule has 0 saturated heterocycles. The van der Waals surface area contributed by atoms with Crippen molar-refractivity contribution in [3.8, 4) is 19.5 Å². The number of hydrogen-bond acceptors (Lipinski definition) is 9. The minimum Gasteiger partial charge on any atom is -0.349 e. The van der Waals surface area contributed by atoms with E-state index in [0.29, 0.717) is 0 Å².